The fourth-order valence-electron chi connectivity index (χ4n) is 1.72. The average Bonchev–Trinajstić information content (AvgIpc) is 2.38. The highest BCUT2D eigenvalue weighted by molar-refractivity contribution is 7.80. The van der Waals surface area contributed by atoms with Gasteiger partial charge >= 0.3 is 0 Å². The lowest BCUT2D eigenvalue weighted by Crippen LogP contribution is -2.27. The molecule has 0 aromatic heterocycles. The van der Waals surface area contributed by atoms with Crippen molar-refractivity contribution in [2.24, 2.45) is 0 Å². The van der Waals surface area contributed by atoms with Gasteiger partial charge in [0, 0.05) is 17.3 Å². The summed E-state index contributed by atoms with van der Waals surface area (Å²) >= 11 is 11.3. The van der Waals surface area contributed by atoms with Crippen molar-refractivity contribution < 1.29 is 0 Å². The van der Waals surface area contributed by atoms with E-state index < -0.39 is 0 Å². The quantitative estimate of drug-likeness (QED) is 0.831. The molecule has 0 aliphatic rings. The molecule has 2 nitrogen and oxygen atoms in total. The van der Waals surface area contributed by atoms with Crippen LogP contribution in [0.2, 0.25) is 5.02 Å². The van der Waals surface area contributed by atoms with Crippen LogP contribution in [0, 0.1) is 6.92 Å². The maximum absolute atomic E-state index is 6.08. The minimum absolute atomic E-state index is 0.588. The fraction of sp³-hybridized carbons (Fsp3) is 0.133. The van der Waals surface area contributed by atoms with Gasteiger partial charge in [-0.3, -0.25) is 0 Å². The van der Waals surface area contributed by atoms with Gasteiger partial charge in [-0.05, 0) is 48.5 Å². The molecule has 0 unspecified atom stereocenters. The molecule has 0 radical (unpaired) electrons. The van der Waals surface area contributed by atoms with Crippen molar-refractivity contribution in [3.63, 3.8) is 0 Å². The van der Waals surface area contributed by atoms with Gasteiger partial charge in [0.1, 0.15) is 0 Å². The lowest BCUT2D eigenvalue weighted by molar-refractivity contribution is 0.926. The third-order valence-corrected chi connectivity index (χ3v) is 3.29. The highest BCUT2D eigenvalue weighted by Crippen LogP contribution is 2.14. The van der Waals surface area contributed by atoms with E-state index in [1.165, 1.54) is 5.56 Å². The Bertz CT molecular complexity index is 584. The number of rotatable bonds is 3. The maximum atomic E-state index is 6.08. The molecular formula is C15H15ClN2S. The van der Waals surface area contributed by atoms with Crippen LogP contribution in [0.15, 0.2) is 48.5 Å². The topological polar surface area (TPSA) is 24.1 Å². The lowest BCUT2D eigenvalue weighted by Gasteiger charge is -2.11. The summed E-state index contributed by atoms with van der Waals surface area (Å²) in [6.07, 6.45) is 0. The van der Waals surface area contributed by atoms with Gasteiger partial charge in [-0.25, -0.2) is 0 Å². The Balaban J connectivity index is 1.90. The zero-order valence-electron chi connectivity index (χ0n) is 10.6. The average molecular weight is 291 g/mol. The number of benzene rings is 2. The number of thiocarbonyl (C=S) groups is 1. The van der Waals surface area contributed by atoms with E-state index in [9.17, 15) is 0 Å². The number of hydrogen-bond acceptors (Lipinski definition) is 1. The predicted molar refractivity (Wildman–Crippen MR) is 85.7 cm³/mol. The Morgan fingerprint density at radius 1 is 1.16 bits per heavy atom. The summed E-state index contributed by atoms with van der Waals surface area (Å²) in [7, 11) is 0. The van der Waals surface area contributed by atoms with Gasteiger partial charge in [-0.2, -0.15) is 0 Å². The third-order valence-electron chi connectivity index (χ3n) is 2.67. The van der Waals surface area contributed by atoms with Crippen molar-refractivity contribution in [2.75, 3.05) is 5.32 Å². The van der Waals surface area contributed by atoms with Crippen molar-refractivity contribution in [3.05, 3.63) is 64.7 Å². The molecule has 0 spiro atoms. The summed E-state index contributed by atoms with van der Waals surface area (Å²) in [5, 5.41) is 7.63. The number of halogens is 1. The van der Waals surface area contributed by atoms with Gasteiger partial charge in [0.05, 0.1) is 0 Å². The Kier molecular flexibility index (Phi) is 4.77. The molecule has 4 heteroatoms. The van der Waals surface area contributed by atoms with Crippen LogP contribution in [-0.2, 0) is 6.54 Å². The van der Waals surface area contributed by atoms with E-state index in [4.69, 9.17) is 23.8 Å². The minimum atomic E-state index is 0.588. The SMILES string of the molecule is Cc1cccc(NC(=S)NCc2ccccc2Cl)c1. The summed E-state index contributed by atoms with van der Waals surface area (Å²) < 4.78 is 0. The van der Waals surface area contributed by atoms with E-state index in [0.29, 0.717) is 11.7 Å². The summed E-state index contributed by atoms with van der Waals surface area (Å²) in [4.78, 5) is 0. The van der Waals surface area contributed by atoms with Gasteiger partial charge in [0.2, 0.25) is 0 Å². The molecule has 0 heterocycles. The van der Waals surface area contributed by atoms with Crippen LogP contribution in [0.4, 0.5) is 5.69 Å². The zero-order chi connectivity index (χ0) is 13.7. The molecule has 2 N–H and O–H groups in total. The fourth-order valence-corrected chi connectivity index (χ4v) is 2.11. The van der Waals surface area contributed by atoms with E-state index in [1.54, 1.807) is 0 Å². The molecule has 0 aliphatic heterocycles. The van der Waals surface area contributed by atoms with Gasteiger partial charge in [-0.15, -0.1) is 0 Å². The smallest absolute Gasteiger partial charge is 0.171 e. The molecule has 0 atom stereocenters. The number of hydrogen-bond donors (Lipinski definition) is 2. The van der Waals surface area contributed by atoms with Crippen molar-refractivity contribution in [1.29, 1.82) is 0 Å². The highest BCUT2D eigenvalue weighted by Gasteiger charge is 2.01. The summed E-state index contributed by atoms with van der Waals surface area (Å²) in [6.45, 7) is 2.66. The maximum Gasteiger partial charge on any atom is 0.171 e. The minimum Gasteiger partial charge on any atom is -0.358 e. The first-order chi connectivity index (χ1) is 9.15. The van der Waals surface area contributed by atoms with E-state index in [1.807, 2.05) is 55.5 Å². The number of nitrogens with one attached hydrogen (secondary N) is 2. The second kappa shape index (κ2) is 6.55. The largest absolute Gasteiger partial charge is 0.358 e. The van der Waals surface area contributed by atoms with Crippen LogP contribution in [0.1, 0.15) is 11.1 Å². The number of aryl methyl sites for hydroxylation is 1. The van der Waals surface area contributed by atoms with E-state index in [2.05, 4.69) is 10.6 Å². The number of anilines is 1. The molecule has 19 heavy (non-hydrogen) atoms. The first-order valence-corrected chi connectivity index (χ1v) is 6.79. The van der Waals surface area contributed by atoms with Crippen LogP contribution in [0.25, 0.3) is 0 Å². The summed E-state index contributed by atoms with van der Waals surface area (Å²) in [5.41, 5.74) is 3.20. The summed E-state index contributed by atoms with van der Waals surface area (Å²) in [6, 6.07) is 15.8. The standard InChI is InChI=1S/C15H15ClN2S/c1-11-5-4-7-13(9-11)18-15(19)17-10-12-6-2-3-8-14(12)16/h2-9H,10H2,1H3,(H2,17,18,19). The van der Waals surface area contributed by atoms with Crippen LogP contribution >= 0.6 is 23.8 Å². The molecule has 0 saturated heterocycles. The van der Waals surface area contributed by atoms with Crippen LogP contribution < -0.4 is 10.6 Å². The van der Waals surface area contributed by atoms with Gasteiger partial charge in [0.25, 0.3) is 0 Å². The molecule has 2 rings (SSSR count). The molecule has 0 fully saturated rings. The third kappa shape index (κ3) is 4.23. The molecule has 0 aliphatic carbocycles. The van der Waals surface area contributed by atoms with Crippen LogP contribution in [0.5, 0.6) is 0 Å². The van der Waals surface area contributed by atoms with Gasteiger partial charge in [0.15, 0.2) is 5.11 Å². The van der Waals surface area contributed by atoms with E-state index in [0.717, 1.165) is 16.3 Å². The molecular weight excluding hydrogens is 276 g/mol. The lowest BCUT2D eigenvalue weighted by atomic mass is 10.2. The summed E-state index contributed by atoms with van der Waals surface area (Å²) in [5.74, 6) is 0. The monoisotopic (exact) mass is 290 g/mol. The predicted octanol–water partition coefficient (Wildman–Crippen LogP) is 4.14. The van der Waals surface area contributed by atoms with Crippen LogP contribution in [0.3, 0.4) is 0 Å². The van der Waals surface area contributed by atoms with E-state index >= 15 is 0 Å². The van der Waals surface area contributed by atoms with Crippen LogP contribution in [-0.4, -0.2) is 5.11 Å². The first kappa shape index (κ1) is 13.8. The zero-order valence-corrected chi connectivity index (χ0v) is 12.2. The van der Waals surface area contributed by atoms with Gasteiger partial charge < -0.3 is 10.6 Å². The Morgan fingerprint density at radius 2 is 1.95 bits per heavy atom. The molecule has 2 aromatic carbocycles. The van der Waals surface area contributed by atoms with Crippen molar-refractivity contribution >= 4 is 34.6 Å². The highest BCUT2D eigenvalue weighted by atomic mass is 35.5. The second-order valence-electron chi connectivity index (χ2n) is 4.27. The molecule has 0 amide bonds. The van der Waals surface area contributed by atoms with E-state index in [-0.39, 0.29) is 0 Å². The molecule has 2 aromatic rings. The first-order valence-electron chi connectivity index (χ1n) is 6.00. The van der Waals surface area contributed by atoms with Crippen molar-refractivity contribution in [1.82, 2.24) is 5.32 Å². The van der Waals surface area contributed by atoms with Crippen molar-refractivity contribution in [2.45, 2.75) is 13.5 Å². The normalized spacial score (nSPS) is 10.0. The van der Waals surface area contributed by atoms with Gasteiger partial charge in [-0.1, -0.05) is 41.9 Å². The van der Waals surface area contributed by atoms with Crippen molar-refractivity contribution in [3.8, 4) is 0 Å². The molecule has 98 valence electrons. The Labute approximate surface area is 123 Å². The second-order valence-corrected chi connectivity index (χ2v) is 5.08. The molecule has 0 bridgehead atoms. The Hall–Kier alpha value is -1.58. The molecule has 0 saturated carbocycles. The Morgan fingerprint density at radius 3 is 2.68 bits per heavy atom.